The smallest absolute Gasteiger partial charge is 0.336 e. The number of pyridine rings is 1. The number of carbonyl (C=O) groups is 1. The maximum absolute atomic E-state index is 14.2. The van der Waals surface area contributed by atoms with Gasteiger partial charge in [0.05, 0.1) is 21.7 Å². The maximum Gasteiger partial charge on any atom is 0.336 e. The number of para-hydroxylation sites is 1. The first-order valence-corrected chi connectivity index (χ1v) is 13.2. The van der Waals surface area contributed by atoms with Crippen molar-refractivity contribution in [1.29, 1.82) is 0 Å². The third-order valence-corrected chi connectivity index (χ3v) is 7.75. The number of rotatable bonds is 6. The van der Waals surface area contributed by atoms with Crippen LogP contribution in [-0.2, 0) is 10.0 Å². The lowest BCUT2D eigenvalue weighted by atomic mass is 10.1. The second kappa shape index (κ2) is 13.4. The number of nitrogens with one attached hydrogen (secondary N) is 1. The van der Waals surface area contributed by atoms with Crippen LogP contribution in [0, 0.1) is 12.7 Å². The minimum Gasteiger partial charge on any atom is -0.478 e. The van der Waals surface area contributed by atoms with Crippen molar-refractivity contribution in [2.45, 2.75) is 11.8 Å². The van der Waals surface area contributed by atoms with E-state index >= 15 is 0 Å². The first-order chi connectivity index (χ1) is 17.7. The number of carboxylic acids is 1. The molecule has 1 aliphatic rings. The minimum atomic E-state index is -3.85. The molecule has 214 valence electrons. The predicted octanol–water partition coefficient (Wildman–Crippen LogP) is 5.77. The van der Waals surface area contributed by atoms with Crippen molar-refractivity contribution in [3.63, 3.8) is 0 Å². The molecular formula is C27H28Cl3FN4O4S. The summed E-state index contributed by atoms with van der Waals surface area (Å²) in [5.41, 5.74) is 2.05. The second-order valence-corrected chi connectivity index (χ2v) is 10.6. The highest BCUT2D eigenvalue weighted by Crippen LogP contribution is 2.29. The summed E-state index contributed by atoms with van der Waals surface area (Å²) in [4.78, 5) is 20.8. The fourth-order valence-corrected chi connectivity index (χ4v) is 5.65. The van der Waals surface area contributed by atoms with Crippen LogP contribution in [0.2, 0.25) is 0 Å². The minimum absolute atomic E-state index is 0. The van der Waals surface area contributed by atoms with Crippen LogP contribution in [0.25, 0.3) is 10.9 Å². The zero-order valence-corrected chi connectivity index (χ0v) is 24.5. The average molecular weight is 630 g/mol. The highest BCUT2D eigenvalue weighted by atomic mass is 35.5. The summed E-state index contributed by atoms with van der Waals surface area (Å²) in [6.07, 6.45) is 0. The highest BCUT2D eigenvalue weighted by Gasteiger charge is 2.23. The van der Waals surface area contributed by atoms with E-state index in [2.05, 4.69) is 9.71 Å². The van der Waals surface area contributed by atoms with Gasteiger partial charge >= 0.3 is 5.97 Å². The molecule has 2 N–H and O–H groups in total. The van der Waals surface area contributed by atoms with Crippen molar-refractivity contribution in [3.8, 4) is 0 Å². The summed E-state index contributed by atoms with van der Waals surface area (Å²) in [6.45, 7) is 4.00. The van der Waals surface area contributed by atoms with Gasteiger partial charge in [-0.3, -0.25) is 4.72 Å². The monoisotopic (exact) mass is 628 g/mol. The Morgan fingerprint density at radius 3 is 2.23 bits per heavy atom. The van der Waals surface area contributed by atoms with E-state index in [1.807, 2.05) is 9.80 Å². The number of benzene rings is 3. The first-order valence-electron chi connectivity index (χ1n) is 11.7. The van der Waals surface area contributed by atoms with Gasteiger partial charge in [-0.15, -0.1) is 37.2 Å². The van der Waals surface area contributed by atoms with Crippen LogP contribution in [0.15, 0.2) is 77.7 Å². The summed E-state index contributed by atoms with van der Waals surface area (Å²) in [5.74, 6) is -0.912. The number of aromatic carboxylic acids is 1. The van der Waals surface area contributed by atoms with E-state index in [9.17, 15) is 22.7 Å². The van der Waals surface area contributed by atoms with Crippen LogP contribution in [0.4, 0.5) is 21.6 Å². The third kappa shape index (κ3) is 6.87. The van der Waals surface area contributed by atoms with E-state index in [0.717, 1.165) is 5.56 Å². The van der Waals surface area contributed by atoms with E-state index < -0.39 is 16.0 Å². The number of aromatic nitrogens is 1. The molecule has 0 spiro atoms. The molecule has 5 rings (SSSR count). The molecule has 0 radical (unpaired) electrons. The molecule has 0 aliphatic carbocycles. The molecule has 8 nitrogen and oxygen atoms in total. The van der Waals surface area contributed by atoms with Crippen LogP contribution in [-0.4, -0.2) is 50.7 Å². The van der Waals surface area contributed by atoms with Crippen molar-refractivity contribution in [3.05, 3.63) is 89.7 Å². The number of hydrogen-bond donors (Lipinski definition) is 2. The summed E-state index contributed by atoms with van der Waals surface area (Å²) in [7, 11) is -3.85. The van der Waals surface area contributed by atoms with Crippen molar-refractivity contribution < 1.29 is 22.7 Å². The van der Waals surface area contributed by atoms with Crippen molar-refractivity contribution in [2.24, 2.45) is 0 Å². The van der Waals surface area contributed by atoms with Crippen LogP contribution in [0.1, 0.15) is 15.9 Å². The second-order valence-electron chi connectivity index (χ2n) is 8.91. The summed E-state index contributed by atoms with van der Waals surface area (Å²) < 4.78 is 42.4. The highest BCUT2D eigenvalue weighted by molar-refractivity contribution is 7.92. The molecule has 0 atom stereocenters. The molecule has 0 bridgehead atoms. The van der Waals surface area contributed by atoms with E-state index in [4.69, 9.17) is 0 Å². The topological polar surface area (TPSA) is 103 Å². The number of fused-ring (bicyclic) bond motifs is 1. The molecule has 0 saturated carbocycles. The fourth-order valence-electron chi connectivity index (χ4n) is 4.50. The Hall–Kier alpha value is -3.31. The summed E-state index contributed by atoms with van der Waals surface area (Å²) in [5, 5.41) is 10.2. The SMILES string of the molecule is Cc1cccc(S(=O)(=O)Nc2ccc3nc(N4CCN(c5ccccc5F)CC4)cc(C(=O)O)c3c2)c1.Cl.Cl.Cl. The van der Waals surface area contributed by atoms with Crippen LogP contribution >= 0.6 is 37.2 Å². The summed E-state index contributed by atoms with van der Waals surface area (Å²) in [6, 6.07) is 19.3. The van der Waals surface area contributed by atoms with Crippen molar-refractivity contribution in [1.82, 2.24) is 4.98 Å². The quantitative estimate of drug-likeness (QED) is 0.279. The summed E-state index contributed by atoms with van der Waals surface area (Å²) >= 11 is 0. The lowest BCUT2D eigenvalue weighted by Crippen LogP contribution is -2.47. The van der Waals surface area contributed by atoms with Gasteiger partial charge in [-0.05, 0) is 61.0 Å². The first kappa shape index (κ1) is 32.9. The molecule has 1 aromatic heterocycles. The number of carboxylic acid groups (broad SMARTS) is 1. The molecule has 1 fully saturated rings. The van der Waals surface area contributed by atoms with Gasteiger partial charge < -0.3 is 14.9 Å². The Morgan fingerprint density at radius 1 is 0.900 bits per heavy atom. The standard InChI is InChI=1S/C27H25FN4O4S.3ClH/c1-18-5-4-6-20(15-18)37(35,36)30-19-9-10-24-21(16-19)22(27(33)34)17-26(29-24)32-13-11-31(12-14-32)25-8-3-2-7-23(25)28;;;/h2-10,15-17,30H,11-14H2,1H3,(H,33,34);3*1H. The van der Waals surface area contributed by atoms with Crippen molar-refractivity contribution in [2.75, 3.05) is 40.7 Å². The fraction of sp³-hybridized carbons (Fsp3) is 0.185. The number of piperazine rings is 1. The lowest BCUT2D eigenvalue weighted by Gasteiger charge is -2.37. The van der Waals surface area contributed by atoms with E-state index in [1.165, 1.54) is 24.3 Å². The number of hydrogen-bond acceptors (Lipinski definition) is 6. The largest absolute Gasteiger partial charge is 0.478 e. The van der Waals surface area contributed by atoms with Crippen LogP contribution in [0.3, 0.4) is 0 Å². The number of nitrogens with zero attached hydrogens (tertiary/aromatic N) is 3. The van der Waals surface area contributed by atoms with E-state index in [1.54, 1.807) is 55.5 Å². The van der Waals surface area contributed by atoms with E-state index in [0.29, 0.717) is 48.6 Å². The van der Waals surface area contributed by atoms with Gasteiger partial charge in [0.25, 0.3) is 10.0 Å². The van der Waals surface area contributed by atoms with Gasteiger partial charge in [0.2, 0.25) is 0 Å². The molecular weight excluding hydrogens is 602 g/mol. The van der Waals surface area contributed by atoms with Crippen LogP contribution < -0.4 is 14.5 Å². The molecule has 1 saturated heterocycles. The Balaban J connectivity index is 0.00000187. The zero-order chi connectivity index (χ0) is 26.2. The number of aryl methyl sites for hydroxylation is 1. The molecule has 13 heteroatoms. The molecule has 1 aliphatic heterocycles. The molecule has 4 aromatic rings. The Kier molecular flexibility index (Phi) is 11.0. The molecule has 3 aromatic carbocycles. The number of sulfonamides is 1. The predicted molar refractivity (Wildman–Crippen MR) is 163 cm³/mol. The number of anilines is 3. The zero-order valence-electron chi connectivity index (χ0n) is 21.3. The van der Waals surface area contributed by atoms with E-state index in [-0.39, 0.29) is 59.2 Å². The van der Waals surface area contributed by atoms with Gasteiger partial charge in [-0.2, -0.15) is 0 Å². The Morgan fingerprint density at radius 2 is 1.57 bits per heavy atom. The maximum atomic E-state index is 14.2. The van der Waals surface area contributed by atoms with Gasteiger partial charge in [-0.1, -0.05) is 24.3 Å². The lowest BCUT2D eigenvalue weighted by molar-refractivity contribution is 0.0699. The average Bonchev–Trinajstić information content (AvgIpc) is 2.88. The Labute approximate surface area is 250 Å². The van der Waals surface area contributed by atoms with Gasteiger partial charge in [0.1, 0.15) is 11.6 Å². The molecule has 40 heavy (non-hydrogen) atoms. The van der Waals surface area contributed by atoms with Crippen LogP contribution in [0.5, 0.6) is 0 Å². The molecule has 0 unspecified atom stereocenters. The molecule has 0 amide bonds. The number of halogens is 4. The Bertz CT molecular complexity index is 1620. The van der Waals surface area contributed by atoms with Gasteiger partial charge in [-0.25, -0.2) is 22.6 Å². The third-order valence-electron chi connectivity index (χ3n) is 6.37. The normalized spacial score (nSPS) is 13.1. The van der Waals surface area contributed by atoms with Gasteiger partial charge in [0.15, 0.2) is 0 Å². The molecule has 2 heterocycles. The van der Waals surface area contributed by atoms with Crippen molar-refractivity contribution >= 4 is 81.3 Å². The van der Waals surface area contributed by atoms with Gasteiger partial charge in [0, 0.05) is 37.3 Å².